The molecule has 2 heterocycles. The molecule has 0 bridgehead atoms. The van der Waals surface area contributed by atoms with E-state index in [9.17, 15) is 5.26 Å². The van der Waals surface area contributed by atoms with Crippen molar-refractivity contribution in [2.45, 2.75) is 12.8 Å². The summed E-state index contributed by atoms with van der Waals surface area (Å²) in [6.45, 7) is 5.41. The Balaban J connectivity index is 2.46. The molecule has 18 heavy (non-hydrogen) atoms. The molecule has 1 atom stereocenters. The van der Waals surface area contributed by atoms with Gasteiger partial charge in [-0.3, -0.25) is 0 Å². The van der Waals surface area contributed by atoms with Crippen LogP contribution in [0.4, 0.5) is 5.00 Å². The molecule has 0 radical (unpaired) electrons. The highest BCUT2D eigenvalue weighted by Crippen LogP contribution is 2.30. The molecule has 0 spiro atoms. The lowest BCUT2D eigenvalue weighted by atomic mass is 10.1. The van der Waals surface area contributed by atoms with Crippen LogP contribution in [0.5, 0.6) is 0 Å². The van der Waals surface area contributed by atoms with E-state index in [0.29, 0.717) is 27.2 Å². The van der Waals surface area contributed by atoms with E-state index in [1.54, 1.807) is 25.3 Å². The number of anilines is 1. The van der Waals surface area contributed by atoms with E-state index < -0.39 is 5.92 Å². The third-order valence-corrected chi connectivity index (χ3v) is 3.33. The largest absolute Gasteiger partial charge is 0.389 e. The van der Waals surface area contributed by atoms with E-state index in [1.807, 2.05) is 0 Å². The van der Waals surface area contributed by atoms with Crippen LogP contribution >= 0.6 is 11.3 Å². The van der Waals surface area contributed by atoms with Gasteiger partial charge in [-0.25, -0.2) is 15.0 Å². The molecule has 0 fully saturated rings. The number of nitrogens with zero attached hydrogens (tertiary/aromatic N) is 4. The van der Waals surface area contributed by atoms with Gasteiger partial charge < -0.3 is 5.73 Å². The predicted octanol–water partition coefficient (Wildman–Crippen LogP) is 2.12. The van der Waals surface area contributed by atoms with Gasteiger partial charge in [0.2, 0.25) is 0 Å². The third kappa shape index (κ3) is 2.21. The molecule has 0 aliphatic carbocycles. The van der Waals surface area contributed by atoms with Crippen LogP contribution in [0.1, 0.15) is 28.1 Å². The first-order valence-corrected chi connectivity index (χ1v) is 6.05. The zero-order valence-corrected chi connectivity index (χ0v) is 10.6. The normalized spacial score (nSPS) is 11.8. The van der Waals surface area contributed by atoms with Crippen molar-refractivity contribution in [3.63, 3.8) is 0 Å². The van der Waals surface area contributed by atoms with Crippen LogP contribution in [0, 0.1) is 18.3 Å². The first-order valence-electron chi connectivity index (χ1n) is 5.23. The summed E-state index contributed by atoms with van der Waals surface area (Å²) in [7, 11) is 0. The standard InChI is InChI=1S/C12H11N5S/c1-3-9-11(14)18-12(17-9)8(6-13)10-4-5-15-7(2)16-10/h3-5,8H,1,14H2,2H3. The second kappa shape index (κ2) is 4.94. The highest BCUT2D eigenvalue weighted by molar-refractivity contribution is 7.15. The fourth-order valence-electron chi connectivity index (χ4n) is 1.51. The highest BCUT2D eigenvalue weighted by atomic mass is 32.1. The van der Waals surface area contributed by atoms with E-state index in [1.165, 1.54) is 11.3 Å². The van der Waals surface area contributed by atoms with Crippen molar-refractivity contribution in [2.24, 2.45) is 0 Å². The van der Waals surface area contributed by atoms with Gasteiger partial charge in [-0.05, 0) is 19.1 Å². The molecular formula is C12H11N5S. The number of hydrogen-bond acceptors (Lipinski definition) is 6. The summed E-state index contributed by atoms with van der Waals surface area (Å²) in [6, 6.07) is 3.91. The van der Waals surface area contributed by atoms with Crippen molar-refractivity contribution in [3.8, 4) is 6.07 Å². The van der Waals surface area contributed by atoms with Crippen molar-refractivity contribution in [3.05, 3.63) is 41.1 Å². The van der Waals surface area contributed by atoms with Gasteiger partial charge in [0.05, 0.1) is 17.5 Å². The SMILES string of the molecule is C=Cc1nc(C(C#N)c2ccnc(C)n2)sc1N. The van der Waals surface area contributed by atoms with Crippen LogP contribution in [-0.2, 0) is 0 Å². The smallest absolute Gasteiger partial charge is 0.140 e. The van der Waals surface area contributed by atoms with Crippen LogP contribution in [0.3, 0.4) is 0 Å². The van der Waals surface area contributed by atoms with Crippen molar-refractivity contribution < 1.29 is 0 Å². The number of hydrogen-bond donors (Lipinski definition) is 1. The van der Waals surface area contributed by atoms with E-state index in [-0.39, 0.29) is 0 Å². The summed E-state index contributed by atoms with van der Waals surface area (Å²) in [5.41, 5.74) is 7.04. The molecule has 1 unspecified atom stereocenters. The molecule has 0 aliphatic heterocycles. The molecule has 2 aromatic rings. The fourth-order valence-corrected chi connectivity index (χ4v) is 2.41. The molecule has 0 amide bonds. The Morgan fingerprint density at radius 2 is 2.33 bits per heavy atom. The number of nitrogens with two attached hydrogens (primary N) is 1. The predicted molar refractivity (Wildman–Crippen MR) is 70.8 cm³/mol. The van der Waals surface area contributed by atoms with E-state index in [4.69, 9.17) is 5.73 Å². The van der Waals surface area contributed by atoms with Gasteiger partial charge in [0.15, 0.2) is 0 Å². The minimum Gasteiger partial charge on any atom is -0.389 e. The Morgan fingerprint density at radius 3 is 2.89 bits per heavy atom. The molecule has 0 saturated heterocycles. The van der Waals surface area contributed by atoms with Gasteiger partial charge in [0, 0.05) is 6.20 Å². The first-order chi connectivity index (χ1) is 8.65. The van der Waals surface area contributed by atoms with E-state index in [0.717, 1.165) is 0 Å². The zero-order valence-electron chi connectivity index (χ0n) is 9.79. The van der Waals surface area contributed by atoms with Gasteiger partial charge in [0.25, 0.3) is 0 Å². The molecule has 0 aliphatic rings. The summed E-state index contributed by atoms with van der Waals surface area (Å²) < 4.78 is 0. The zero-order chi connectivity index (χ0) is 13.1. The maximum Gasteiger partial charge on any atom is 0.140 e. The van der Waals surface area contributed by atoms with E-state index >= 15 is 0 Å². The number of aryl methyl sites for hydroxylation is 1. The second-order valence-electron chi connectivity index (χ2n) is 3.60. The summed E-state index contributed by atoms with van der Waals surface area (Å²) in [5, 5.41) is 10.5. The summed E-state index contributed by atoms with van der Waals surface area (Å²) in [5.74, 6) is 0.105. The van der Waals surface area contributed by atoms with Crippen LogP contribution in [0.2, 0.25) is 0 Å². The number of nitriles is 1. The van der Waals surface area contributed by atoms with Crippen molar-refractivity contribution >= 4 is 22.4 Å². The molecule has 90 valence electrons. The molecule has 2 rings (SSSR count). The van der Waals surface area contributed by atoms with Gasteiger partial charge in [-0.15, -0.1) is 0 Å². The summed E-state index contributed by atoms with van der Waals surface area (Å²) in [4.78, 5) is 12.6. The van der Waals surface area contributed by atoms with Crippen LogP contribution in [0.15, 0.2) is 18.8 Å². The van der Waals surface area contributed by atoms with Crippen molar-refractivity contribution in [1.82, 2.24) is 15.0 Å². The minimum atomic E-state index is -0.521. The van der Waals surface area contributed by atoms with Gasteiger partial charge in [-0.2, -0.15) is 5.26 Å². The molecule has 6 heteroatoms. The topological polar surface area (TPSA) is 88.5 Å². The van der Waals surface area contributed by atoms with E-state index in [2.05, 4.69) is 27.6 Å². The second-order valence-corrected chi connectivity index (χ2v) is 4.66. The monoisotopic (exact) mass is 257 g/mol. The average Bonchev–Trinajstić information content (AvgIpc) is 2.71. The van der Waals surface area contributed by atoms with Gasteiger partial charge in [-0.1, -0.05) is 17.9 Å². The lowest BCUT2D eigenvalue weighted by molar-refractivity contribution is 0.901. The fraction of sp³-hybridized carbons (Fsp3) is 0.167. The Hall–Kier alpha value is -2.26. The molecule has 0 saturated carbocycles. The minimum absolute atomic E-state index is 0.521. The summed E-state index contributed by atoms with van der Waals surface area (Å²) >= 11 is 1.28. The number of aromatic nitrogens is 3. The third-order valence-electron chi connectivity index (χ3n) is 2.36. The summed E-state index contributed by atoms with van der Waals surface area (Å²) in [6.07, 6.45) is 3.21. The molecule has 5 nitrogen and oxygen atoms in total. The van der Waals surface area contributed by atoms with Crippen LogP contribution < -0.4 is 5.73 Å². The Bertz CT molecular complexity index is 626. The van der Waals surface area contributed by atoms with Crippen LogP contribution in [0.25, 0.3) is 6.08 Å². The molecular weight excluding hydrogens is 246 g/mol. The lowest BCUT2D eigenvalue weighted by Gasteiger charge is -2.04. The van der Waals surface area contributed by atoms with Gasteiger partial charge in [0.1, 0.15) is 21.8 Å². The number of thiazole rings is 1. The van der Waals surface area contributed by atoms with Gasteiger partial charge >= 0.3 is 0 Å². The van der Waals surface area contributed by atoms with Crippen LogP contribution in [-0.4, -0.2) is 15.0 Å². The van der Waals surface area contributed by atoms with Crippen molar-refractivity contribution in [1.29, 1.82) is 5.26 Å². The Morgan fingerprint density at radius 1 is 1.56 bits per heavy atom. The molecule has 0 aromatic carbocycles. The number of rotatable bonds is 3. The molecule has 2 N–H and O–H groups in total. The first kappa shape index (κ1) is 12.2. The maximum atomic E-state index is 9.29. The average molecular weight is 257 g/mol. The lowest BCUT2D eigenvalue weighted by Crippen LogP contribution is -2.02. The quantitative estimate of drug-likeness (QED) is 0.909. The Kier molecular flexibility index (Phi) is 3.35. The maximum absolute atomic E-state index is 9.29. The highest BCUT2D eigenvalue weighted by Gasteiger charge is 2.20. The molecule has 2 aromatic heterocycles. The Labute approximate surface area is 109 Å². The number of nitrogen functional groups attached to an aromatic ring is 1. The van der Waals surface area contributed by atoms with Crippen molar-refractivity contribution in [2.75, 3.05) is 5.73 Å².